The fourth-order valence-corrected chi connectivity index (χ4v) is 2.12. The average molecular weight is 236 g/mol. The van der Waals surface area contributed by atoms with Crippen molar-refractivity contribution in [3.63, 3.8) is 0 Å². The van der Waals surface area contributed by atoms with Gasteiger partial charge < -0.3 is 5.73 Å². The van der Waals surface area contributed by atoms with Gasteiger partial charge in [-0.25, -0.2) is 8.42 Å². The number of hydrogen-bond acceptors (Lipinski definition) is 3. The standard InChI is InChI=1S/C9H13NO2S.ClH/c1-8-2-4-9(5-3-8)13(11,12)7-6-10;/h2-5H,6-7,10H2,1H3;1H. The van der Waals surface area contributed by atoms with Crippen LogP contribution in [0.4, 0.5) is 0 Å². The monoisotopic (exact) mass is 235 g/mol. The normalized spacial score (nSPS) is 10.7. The molecule has 0 atom stereocenters. The second kappa shape index (κ2) is 5.34. The van der Waals surface area contributed by atoms with Gasteiger partial charge in [-0.2, -0.15) is 0 Å². The minimum atomic E-state index is -3.15. The molecule has 0 aliphatic rings. The van der Waals surface area contributed by atoms with Gasteiger partial charge in [0.15, 0.2) is 9.84 Å². The van der Waals surface area contributed by atoms with E-state index in [4.69, 9.17) is 5.73 Å². The maximum atomic E-state index is 11.5. The van der Waals surface area contributed by atoms with Crippen LogP contribution < -0.4 is 5.73 Å². The lowest BCUT2D eigenvalue weighted by molar-refractivity contribution is 0.596. The van der Waals surface area contributed by atoms with Gasteiger partial charge in [0.25, 0.3) is 0 Å². The number of sulfone groups is 1. The first-order valence-electron chi connectivity index (χ1n) is 4.06. The fourth-order valence-electron chi connectivity index (χ4n) is 1.02. The first kappa shape index (κ1) is 13.4. The zero-order chi connectivity index (χ0) is 9.90. The molecule has 0 saturated heterocycles. The number of rotatable bonds is 3. The van der Waals surface area contributed by atoms with E-state index in [1.165, 1.54) is 0 Å². The van der Waals surface area contributed by atoms with Crippen LogP contribution in [0.25, 0.3) is 0 Å². The third-order valence-corrected chi connectivity index (χ3v) is 3.53. The molecule has 80 valence electrons. The van der Waals surface area contributed by atoms with E-state index in [1.807, 2.05) is 6.92 Å². The second-order valence-corrected chi connectivity index (χ2v) is 5.03. The largest absolute Gasteiger partial charge is 0.329 e. The number of nitrogens with two attached hydrogens (primary N) is 1. The van der Waals surface area contributed by atoms with E-state index in [9.17, 15) is 8.42 Å². The summed E-state index contributed by atoms with van der Waals surface area (Å²) in [5.74, 6) is 0.00998. The Hall–Kier alpha value is -0.580. The first-order valence-corrected chi connectivity index (χ1v) is 5.71. The molecule has 0 heterocycles. The van der Waals surface area contributed by atoms with E-state index in [-0.39, 0.29) is 24.7 Å². The van der Waals surface area contributed by atoms with Crippen molar-refractivity contribution < 1.29 is 8.42 Å². The molecule has 1 rings (SSSR count). The molecule has 1 aromatic rings. The fraction of sp³-hybridized carbons (Fsp3) is 0.333. The Morgan fingerprint density at radius 3 is 2.14 bits per heavy atom. The van der Waals surface area contributed by atoms with Crippen LogP contribution in [-0.2, 0) is 9.84 Å². The Labute approximate surface area is 90.6 Å². The van der Waals surface area contributed by atoms with Crippen molar-refractivity contribution in [2.45, 2.75) is 11.8 Å². The highest BCUT2D eigenvalue weighted by atomic mass is 35.5. The summed E-state index contributed by atoms with van der Waals surface area (Å²) in [5, 5.41) is 0. The number of hydrogen-bond donors (Lipinski definition) is 1. The predicted molar refractivity (Wildman–Crippen MR) is 59.5 cm³/mol. The van der Waals surface area contributed by atoms with E-state index in [1.54, 1.807) is 24.3 Å². The molecular formula is C9H14ClNO2S. The van der Waals surface area contributed by atoms with Crippen molar-refractivity contribution in [1.82, 2.24) is 0 Å². The summed E-state index contributed by atoms with van der Waals surface area (Å²) in [7, 11) is -3.15. The molecule has 0 amide bonds. The Kier molecular flexibility index (Phi) is 5.12. The van der Waals surface area contributed by atoms with Crippen molar-refractivity contribution in [2.75, 3.05) is 12.3 Å². The van der Waals surface area contributed by atoms with Crippen LogP contribution in [0.2, 0.25) is 0 Å². The predicted octanol–water partition coefficient (Wildman–Crippen LogP) is 1.15. The molecule has 0 fully saturated rings. The third kappa shape index (κ3) is 3.29. The molecule has 0 saturated carbocycles. The van der Waals surface area contributed by atoms with Crippen LogP contribution in [0.1, 0.15) is 5.56 Å². The Bertz CT molecular complexity index is 372. The quantitative estimate of drug-likeness (QED) is 0.855. The van der Waals surface area contributed by atoms with Gasteiger partial charge in [0.2, 0.25) is 0 Å². The lowest BCUT2D eigenvalue weighted by Crippen LogP contribution is -2.15. The van der Waals surface area contributed by atoms with Gasteiger partial charge >= 0.3 is 0 Å². The summed E-state index contributed by atoms with van der Waals surface area (Å²) < 4.78 is 22.9. The maximum Gasteiger partial charge on any atom is 0.179 e. The Morgan fingerprint density at radius 1 is 1.21 bits per heavy atom. The third-order valence-electron chi connectivity index (χ3n) is 1.77. The van der Waals surface area contributed by atoms with E-state index in [2.05, 4.69) is 0 Å². The minimum Gasteiger partial charge on any atom is -0.329 e. The molecular weight excluding hydrogens is 222 g/mol. The van der Waals surface area contributed by atoms with E-state index in [0.717, 1.165) is 5.56 Å². The van der Waals surface area contributed by atoms with Crippen molar-refractivity contribution in [3.8, 4) is 0 Å². The molecule has 0 radical (unpaired) electrons. The van der Waals surface area contributed by atoms with Gasteiger partial charge in [-0.05, 0) is 19.1 Å². The topological polar surface area (TPSA) is 60.2 Å². The summed E-state index contributed by atoms with van der Waals surface area (Å²) >= 11 is 0. The van der Waals surface area contributed by atoms with E-state index in [0.29, 0.717) is 4.90 Å². The van der Waals surface area contributed by atoms with Gasteiger partial charge in [-0.1, -0.05) is 17.7 Å². The molecule has 0 aliphatic carbocycles. The minimum absolute atomic E-state index is 0. The molecule has 0 spiro atoms. The van der Waals surface area contributed by atoms with Crippen molar-refractivity contribution in [3.05, 3.63) is 29.8 Å². The van der Waals surface area contributed by atoms with Crippen LogP contribution in [0, 0.1) is 6.92 Å². The Morgan fingerprint density at radius 2 is 1.71 bits per heavy atom. The summed E-state index contributed by atoms with van der Waals surface area (Å²) in [4.78, 5) is 0.351. The average Bonchev–Trinajstić information content (AvgIpc) is 2.05. The van der Waals surface area contributed by atoms with Gasteiger partial charge in [0.1, 0.15) is 0 Å². The molecule has 0 bridgehead atoms. The summed E-state index contributed by atoms with van der Waals surface area (Å²) in [5.41, 5.74) is 6.25. The van der Waals surface area contributed by atoms with Gasteiger partial charge in [-0.3, -0.25) is 0 Å². The zero-order valence-electron chi connectivity index (χ0n) is 7.93. The Balaban J connectivity index is 0.00000169. The van der Waals surface area contributed by atoms with Crippen LogP contribution in [0.3, 0.4) is 0 Å². The SMILES string of the molecule is Cc1ccc(S(=O)(=O)CCN)cc1.Cl. The summed E-state index contributed by atoms with van der Waals surface area (Å²) in [6, 6.07) is 6.79. The lowest BCUT2D eigenvalue weighted by Gasteiger charge is -2.02. The molecule has 1 aromatic carbocycles. The highest BCUT2D eigenvalue weighted by molar-refractivity contribution is 7.91. The van der Waals surface area contributed by atoms with E-state index >= 15 is 0 Å². The van der Waals surface area contributed by atoms with Crippen LogP contribution in [-0.4, -0.2) is 20.7 Å². The van der Waals surface area contributed by atoms with Crippen LogP contribution >= 0.6 is 12.4 Å². The van der Waals surface area contributed by atoms with Crippen LogP contribution in [0.5, 0.6) is 0 Å². The summed E-state index contributed by atoms with van der Waals surface area (Å²) in [6.45, 7) is 2.08. The highest BCUT2D eigenvalue weighted by Gasteiger charge is 2.11. The van der Waals surface area contributed by atoms with Gasteiger partial charge in [-0.15, -0.1) is 12.4 Å². The number of halogens is 1. The second-order valence-electron chi connectivity index (χ2n) is 2.92. The molecule has 2 N–H and O–H groups in total. The molecule has 3 nitrogen and oxygen atoms in total. The zero-order valence-corrected chi connectivity index (χ0v) is 9.57. The molecule has 0 aromatic heterocycles. The molecule has 5 heteroatoms. The number of aryl methyl sites for hydroxylation is 1. The first-order chi connectivity index (χ1) is 6.06. The van der Waals surface area contributed by atoms with Crippen LogP contribution in [0.15, 0.2) is 29.2 Å². The molecule has 14 heavy (non-hydrogen) atoms. The smallest absolute Gasteiger partial charge is 0.179 e. The molecule has 0 aliphatic heterocycles. The number of benzene rings is 1. The van der Waals surface area contributed by atoms with Gasteiger partial charge in [0, 0.05) is 6.54 Å². The van der Waals surface area contributed by atoms with E-state index < -0.39 is 9.84 Å². The van der Waals surface area contributed by atoms with Crippen molar-refractivity contribution in [2.24, 2.45) is 5.73 Å². The lowest BCUT2D eigenvalue weighted by atomic mass is 10.2. The van der Waals surface area contributed by atoms with Crippen molar-refractivity contribution in [1.29, 1.82) is 0 Å². The van der Waals surface area contributed by atoms with Crippen molar-refractivity contribution >= 4 is 22.2 Å². The highest BCUT2D eigenvalue weighted by Crippen LogP contribution is 2.11. The maximum absolute atomic E-state index is 11.5. The van der Waals surface area contributed by atoms with Gasteiger partial charge in [0.05, 0.1) is 10.6 Å². The molecule has 0 unspecified atom stereocenters. The summed E-state index contributed by atoms with van der Waals surface area (Å²) in [6.07, 6.45) is 0.